The van der Waals surface area contributed by atoms with Crippen LogP contribution < -0.4 is 21.3 Å². The van der Waals surface area contributed by atoms with Gasteiger partial charge in [-0.1, -0.05) is 93.4 Å². The second kappa shape index (κ2) is 31.1. The number of carbonyl (C=O) groups is 11. The van der Waals surface area contributed by atoms with Crippen molar-refractivity contribution in [2.75, 3.05) is 61.4 Å². The summed E-state index contributed by atoms with van der Waals surface area (Å²) in [6.45, 7) is 7.69. The van der Waals surface area contributed by atoms with Crippen molar-refractivity contribution in [1.82, 2.24) is 55.6 Å². The average Bonchev–Trinajstić information content (AvgIpc) is 1.53. The number of halogens is 4. The summed E-state index contributed by atoms with van der Waals surface area (Å²) in [4.78, 5) is 170. The van der Waals surface area contributed by atoms with Gasteiger partial charge in [-0.05, 0) is 120 Å². The number of nitrogens with one attached hydrogen (secondary N) is 4. The van der Waals surface area contributed by atoms with E-state index >= 15 is 9.59 Å². The molecule has 2 aromatic carbocycles. The number of likely N-dealkylation sites (N-methyl/N-ethyl adjacent to an activating group) is 5. The molecule has 506 valence electrons. The zero-order chi connectivity index (χ0) is 67.7. The van der Waals surface area contributed by atoms with Gasteiger partial charge in [0.05, 0.1) is 23.7 Å². The number of amides is 11. The zero-order valence-corrected chi connectivity index (χ0v) is 55.6. The summed E-state index contributed by atoms with van der Waals surface area (Å²) in [5, 5.41) is 11.0. The van der Waals surface area contributed by atoms with Crippen LogP contribution in [0.2, 0.25) is 5.02 Å². The van der Waals surface area contributed by atoms with Gasteiger partial charge in [-0.2, -0.15) is 13.2 Å². The Kier molecular flexibility index (Phi) is 24.4. The number of alkyl halides is 3. The summed E-state index contributed by atoms with van der Waals surface area (Å²) in [5.41, 5.74) is -0.707. The molecule has 3 saturated heterocycles. The number of aryl methyl sites for hydroxylation is 2. The molecule has 5 fully saturated rings. The quantitative estimate of drug-likeness (QED) is 0.280. The average molecular weight is 1310 g/mol. The molecule has 2 aliphatic carbocycles. The molecule has 1 spiro atoms. The fourth-order valence-corrected chi connectivity index (χ4v) is 14.2. The molecule has 0 bridgehead atoms. The Hall–Kier alpha value is -7.31. The highest BCUT2D eigenvalue weighted by molar-refractivity contribution is 6.31. The summed E-state index contributed by atoms with van der Waals surface area (Å²) < 4.78 is 41.4. The summed E-state index contributed by atoms with van der Waals surface area (Å²) in [5.74, 6) is -7.45. The summed E-state index contributed by atoms with van der Waals surface area (Å²) in [6, 6.07) is 1.55. The standard InChI is InChI=1S/C66H93ClF3N11O11/c1-11-40(3)55-63(91)76(7)38-54(84)80-31-18-24-50(80)62(90)78(9)51(36-44-20-16-19-39(2)33-44)61(89)75(6)37-52(82)72-48(28-26-43-25-27-46(47(67)35-43)66(68,69)70)60(88)81-32-17-23-49(81)58(86)74-65(29-14-15-30-65)64(92)79(10)56(45-21-12-13-22-45)59(87)71-41(4)34-53(83)77(8)42(5)57(85)73-55/h16,19-20,25,27,33,35,40-42,45,48-51,55-56H,11-15,17-18,21-24,26,28-32,34,36-38H2,1-10H3,(H,71,87)(H,72,82)(H,73,85)(H,74,86)/t40-,41+,42-,48-,49-,50-,51-,55-,56-/m0/s1. The molecule has 4 N–H and O–H groups in total. The number of hydrogen-bond donors (Lipinski definition) is 4. The third-order valence-corrected chi connectivity index (χ3v) is 19.9. The fraction of sp³-hybridized carbons (Fsp3) is 0.652. The Morgan fingerprint density at radius 2 is 1.29 bits per heavy atom. The van der Waals surface area contributed by atoms with Crippen LogP contribution in [0.5, 0.6) is 0 Å². The molecule has 22 nitrogen and oxygen atoms in total. The first-order valence-electron chi connectivity index (χ1n) is 32.4. The number of rotatable bonds is 8. The topological polar surface area (TPSA) is 259 Å². The van der Waals surface area contributed by atoms with Crippen LogP contribution in [0.15, 0.2) is 42.5 Å². The van der Waals surface area contributed by atoms with E-state index in [0.29, 0.717) is 56.1 Å². The van der Waals surface area contributed by atoms with Crippen LogP contribution in [0.1, 0.15) is 146 Å². The number of benzene rings is 2. The highest BCUT2D eigenvalue weighted by atomic mass is 35.5. The maximum Gasteiger partial charge on any atom is 0.417 e. The molecule has 3 aliphatic heterocycles. The van der Waals surface area contributed by atoms with Gasteiger partial charge < -0.3 is 55.6 Å². The Morgan fingerprint density at radius 3 is 1.92 bits per heavy atom. The van der Waals surface area contributed by atoms with Crippen molar-refractivity contribution < 1.29 is 65.9 Å². The third-order valence-electron chi connectivity index (χ3n) is 19.6. The lowest BCUT2D eigenvalue weighted by Gasteiger charge is -2.40. The largest absolute Gasteiger partial charge is 0.417 e. The van der Waals surface area contributed by atoms with Crippen molar-refractivity contribution in [1.29, 1.82) is 0 Å². The summed E-state index contributed by atoms with van der Waals surface area (Å²) in [7, 11) is 7.17. The number of fused-ring (bicyclic) bond motifs is 2. The lowest BCUT2D eigenvalue weighted by molar-refractivity contribution is -0.151. The highest BCUT2D eigenvalue weighted by Gasteiger charge is 2.51. The molecule has 11 amide bonds. The second-order valence-corrected chi connectivity index (χ2v) is 26.7. The normalized spacial score (nSPS) is 27.1. The molecule has 26 heteroatoms. The number of nitrogens with zero attached hydrogens (tertiary/aromatic N) is 7. The maximum atomic E-state index is 15.2. The van der Waals surface area contributed by atoms with Gasteiger partial charge in [0.1, 0.15) is 47.8 Å². The molecule has 0 unspecified atom stereocenters. The fourth-order valence-electron chi connectivity index (χ4n) is 13.8. The van der Waals surface area contributed by atoms with Gasteiger partial charge in [0.15, 0.2) is 0 Å². The van der Waals surface area contributed by atoms with Crippen LogP contribution >= 0.6 is 11.6 Å². The van der Waals surface area contributed by atoms with Gasteiger partial charge >= 0.3 is 6.18 Å². The van der Waals surface area contributed by atoms with E-state index in [-0.39, 0.29) is 70.4 Å². The molecule has 0 radical (unpaired) electrons. The van der Waals surface area contributed by atoms with Crippen LogP contribution in [-0.4, -0.2) is 215 Å². The lowest BCUT2D eigenvalue weighted by Crippen LogP contribution is -2.64. The van der Waals surface area contributed by atoms with Crippen molar-refractivity contribution in [2.45, 2.75) is 204 Å². The number of carbonyl (C=O) groups excluding carboxylic acids is 11. The van der Waals surface area contributed by atoms with Gasteiger partial charge in [0, 0.05) is 67.2 Å². The SMILES string of the molecule is CC[C@H](C)[C@@H]1NC(=O)[C@H](C)N(C)C(=O)C[C@@H](C)NC(=O)[C@H](C2CCCC2)N(C)C(=O)C2(CCCC2)NC(=O)[C@@H]2CCCN2C(=O)[C@H](CCc2ccc(C(F)(F)F)c(Cl)c2)NC(=O)CN(C)C(=O)[C@H](Cc2cccc(C)c2)N(C)C(=O)[C@@H]2CCCN2C(=O)CN(C)C1=O. The van der Waals surface area contributed by atoms with E-state index in [9.17, 15) is 56.3 Å². The van der Waals surface area contributed by atoms with E-state index in [1.165, 1.54) is 77.6 Å². The first-order chi connectivity index (χ1) is 43.4. The Morgan fingerprint density at radius 1 is 0.652 bits per heavy atom. The van der Waals surface area contributed by atoms with E-state index in [1.54, 1.807) is 26.0 Å². The molecular weight excluding hydrogens is 1220 g/mol. The van der Waals surface area contributed by atoms with Crippen molar-refractivity contribution >= 4 is 76.6 Å². The van der Waals surface area contributed by atoms with E-state index in [1.807, 2.05) is 26.0 Å². The highest BCUT2D eigenvalue weighted by Crippen LogP contribution is 2.38. The van der Waals surface area contributed by atoms with Crippen molar-refractivity contribution in [3.63, 3.8) is 0 Å². The lowest BCUT2D eigenvalue weighted by atomic mass is 9.90. The van der Waals surface area contributed by atoms with Crippen molar-refractivity contribution in [3.8, 4) is 0 Å². The minimum absolute atomic E-state index is 0.0220. The van der Waals surface area contributed by atoms with E-state index in [0.717, 1.165) is 35.4 Å². The summed E-state index contributed by atoms with van der Waals surface area (Å²) in [6.07, 6.45) is 0.753. The van der Waals surface area contributed by atoms with Crippen LogP contribution in [0.4, 0.5) is 13.2 Å². The van der Waals surface area contributed by atoms with Crippen LogP contribution in [-0.2, 0) is 71.8 Å². The molecule has 3 heterocycles. The second-order valence-electron chi connectivity index (χ2n) is 26.3. The molecule has 9 atom stereocenters. The third kappa shape index (κ3) is 17.1. The minimum Gasteiger partial charge on any atom is -0.351 e. The molecule has 5 aliphatic rings. The minimum atomic E-state index is -4.75. The molecular formula is C66H93ClF3N11O11. The van der Waals surface area contributed by atoms with E-state index in [2.05, 4.69) is 21.3 Å². The Bertz CT molecular complexity index is 3090. The molecule has 7 rings (SSSR count). The Balaban J connectivity index is 1.24. The maximum absolute atomic E-state index is 15.2. The van der Waals surface area contributed by atoms with Gasteiger partial charge in [-0.25, -0.2) is 0 Å². The predicted molar refractivity (Wildman–Crippen MR) is 337 cm³/mol. The first-order valence-corrected chi connectivity index (χ1v) is 32.8. The van der Waals surface area contributed by atoms with Gasteiger partial charge in [-0.15, -0.1) is 0 Å². The first kappa shape index (κ1) is 72.1. The van der Waals surface area contributed by atoms with Crippen LogP contribution in [0, 0.1) is 18.8 Å². The molecule has 2 saturated carbocycles. The predicted octanol–water partition coefficient (Wildman–Crippen LogP) is 4.79. The van der Waals surface area contributed by atoms with E-state index in [4.69, 9.17) is 11.6 Å². The zero-order valence-electron chi connectivity index (χ0n) is 54.8. The van der Waals surface area contributed by atoms with Gasteiger partial charge in [0.25, 0.3) is 0 Å². The van der Waals surface area contributed by atoms with Crippen molar-refractivity contribution in [2.24, 2.45) is 11.8 Å². The van der Waals surface area contributed by atoms with Crippen molar-refractivity contribution in [3.05, 3.63) is 69.7 Å². The van der Waals surface area contributed by atoms with Crippen LogP contribution in [0.3, 0.4) is 0 Å². The monoisotopic (exact) mass is 1310 g/mol. The van der Waals surface area contributed by atoms with Gasteiger partial charge in [0.2, 0.25) is 65.0 Å². The Labute approximate surface area is 542 Å². The van der Waals surface area contributed by atoms with Gasteiger partial charge in [-0.3, -0.25) is 52.7 Å². The molecule has 2 aromatic rings. The van der Waals surface area contributed by atoms with E-state index < -0.39 is 155 Å². The smallest absolute Gasteiger partial charge is 0.351 e. The molecule has 92 heavy (non-hydrogen) atoms. The summed E-state index contributed by atoms with van der Waals surface area (Å²) >= 11 is 6.13. The molecule has 0 aromatic heterocycles. The van der Waals surface area contributed by atoms with Crippen LogP contribution in [0.25, 0.3) is 0 Å². The number of hydrogen-bond acceptors (Lipinski definition) is 11.